The third-order valence-electron chi connectivity index (χ3n) is 5.60. The van der Waals surface area contributed by atoms with Crippen LogP contribution in [0.3, 0.4) is 0 Å². The standard InChI is InChI=1S/C21H21FN6O/c1-12-10-28(15-3-5-23-6-4-15)21(29)16-9-24-20(25-18(12)16)13-7-14-11-27(2)26-19(14)17(22)8-13/h7-11,15,23H,3-6H2,1-2H3. The zero-order valence-electron chi connectivity index (χ0n) is 16.3. The van der Waals surface area contributed by atoms with Crippen LogP contribution >= 0.6 is 0 Å². The van der Waals surface area contributed by atoms with Gasteiger partial charge in [0.2, 0.25) is 0 Å². The second-order valence-corrected chi connectivity index (χ2v) is 7.66. The Morgan fingerprint density at radius 1 is 1.17 bits per heavy atom. The number of aryl methyl sites for hydroxylation is 2. The summed E-state index contributed by atoms with van der Waals surface area (Å²) in [5, 5.41) is 8.63. The van der Waals surface area contributed by atoms with Crippen LogP contribution in [0.5, 0.6) is 0 Å². The molecular weight excluding hydrogens is 371 g/mol. The first-order valence-electron chi connectivity index (χ1n) is 9.74. The van der Waals surface area contributed by atoms with Crippen molar-refractivity contribution in [3.05, 3.63) is 52.5 Å². The number of nitrogens with one attached hydrogen (secondary N) is 1. The molecule has 8 heteroatoms. The van der Waals surface area contributed by atoms with Crippen molar-refractivity contribution in [2.24, 2.45) is 7.05 Å². The molecule has 1 saturated heterocycles. The summed E-state index contributed by atoms with van der Waals surface area (Å²) in [6.45, 7) is 3.76. The van der Waals surface area contributed by atoms with Crippen LogP contribution in [0.25, 0.3) is 33.2 Å². The Balaban J connectivity index is 1.64. The van der Waals surface area contributed by atoms with Gasteiger partial charge >= 0.3 is 0 Å². The highest BCUT2D eigenvalue weighted by atomic mass is 19.1. The van der Waals surface area contributed by atoms with Crippen LogP contribution < -0.4 is 10.9 Å². The predicted octanol–water partition coefficient (Wildman–Crippen LogP) is 2.72. The quantitative estimate of drug-likeness (QED) is 0.568. The first-order valence-corrected chi connectivity index (χ1v) is 9.74. The molecule has 1 aliphatic heterocycles. The minimum Gasteiger partial charge on any atom is -0.317 e. The van der Waals surface area contributed by atoms with Crippen molar-refractivity contribution in [2.45, 2.75) is 25.8 Å². The third-order valence-corrected chi connectivity index (χ3v) is 5.60. The fourth-order valence-electron chi connectivity index (χ4n) is 4.14. The van der Waals surface area contributed by atoms with Crippen molar-refractivity contribution in [1.29, 1.82) is 0 Å². The Morgan fingerprint density at radius 2 is 1.97 bits per heavy atom. The van der Waals surface area contributed by atoms with Crippen LogP contribution in [-0.2, 0) is 7.05 Å². The van der Waals surface area contributed by atoms with Gasteiger partial charge in [0.05, 0.1) is 10.9 Å². The van der Waals surface area contributed by atoms with Gasteiger partial charge in [0.25, 0.3) is 5.56 Å². The Labute approximate surface area is 166 Å². The maximum absolute atomic E-state index is 14.5. The Kier molecular flexibility index (Phi) is 4.16. The van der Waals surface area contributed by atoms with E-state index in [0.717, 1.165) is 31.5 Å². The van der Waals surface area contributed by atoms with E-state index in [1.165, 1.54) is 6.07 Å². The highest BCUT2D eigenvalue weighted by Gasteiger charge is 2.19. The summed E-state index contributed by atoms with van der Waals surface area (Å²) in [7, 11) is 1.75. The van der Waals surface area contributed by atoms with E-state index in [1.54, 1.807) is 24.1 Å². The summed E-state index contributed by atoms with van der Waals surface area (Å²) < 4.78 is 17.9. The highest BCUT2D eigenvalue weighted by molar-refractivity contribution is 5.85. The molecule has 0 spiro atoms. The maximum atomic E-state index is 14.5. The summed E-state index contributed by atoms with van der Waals surface area (Å²) in [5.41, 5.74) is 2.32. The Morgan fingerprint density at radius 3 is 2.76 bits per heavy atom. The van der Waals surface area contributed by atoms with Gasteiger partial charge in [-0.15, -0.1) is 0 Å². The topological polar surface area (TPSA) is 77.6 Å². The lowest BCUT2D eigenvalue weighted by Crippen LogP contribution is -2.34. The monoisotopic (exact) mass is 392 g/mol. The molecule has 0 radical (unpaired) electrons. The van der Waals surface area contributed by atoms with Gasteiger partial charge < -0.3 is 9.88 Å². The first-order chi connectivity index (χ1) is 14.0. The number of nitrogens with zero attached hydrogens (tertiary/aromatic N) is 5. The molecule has 1 N–H and O–H groups in total. The van der Waals surface area contributed by atoms with Crippen LogP contribution in [0.2, 0.25) is 0 Å². The molecule has 0 amide bonds. The van der Waals surface area contributed by atoms with Crippen molar-refractivity contribution < 1.29 is 4.39 Å². The number of fused-ring (bicyclic) bond motifs is 2. The third kappa shape index (κ3) is 3.00. The molecule has 0 bridgehead atoms. The van der Waals surface area contributed by atoms with E-state index in [2.05, 4.69) is 20.4 Å². The Bertz CT molecular complexity index is 1300. The van der Waals surface area contributed by atoms with Crippen LogP contribution in [0.4, 0.5) is 4.39 Å². The smallest absolute Gasteiger partial charge is 0.261 e. The molecule has 0 atom stereocenters. The average molecular weight is 392 g/mol. The second-order valence-electron chi connectivity index (χ2n) is 7.66. The van der Waals surface area contributed by atoms with Gasteiger partial charge in [-0.05, 0) is 50.6 Å². The maximum Gasteiger partial charge on any atom is 0.261 e. The van der Waals surface area contributed by atoms with E-state index in [0.29, 0.717) is 33.2 Å². The molecule has 1 fully saturated rings. The van der Waals surface area contributed by atoms with Gasteiger partial charge in [0.15, 0.2) is 11.6 Å². The van der Waals surface area contributed by atoms with E-state index in [4.69, 9.17) is 0 Å². The van der Waals surface area contributed by atoms with E-state index in [9.17, 15) is 9.18 Å². The van der Waals surface area contributed by atoms with Gasteiger partial charge in [-0.25, -0.2) is 14.4 Å². The van der Waals surface area contributed by atoms with Gasteiger partial charge in [0, 0.05) is 42.6 Å². The zero-order chi connectivity index (χ0) is 20.1. The van der Waals surface area contributed by atoms with E-state index in [1.807, 2.05) is 23.8 Å². The van der Waals surface area contributed by atoms with Crippen LogP contribution in [0.15, 0.2) is 35.5 Å². The van der Waals surface area contributed by atoms with Crippen LogP contribution in [-0.4, -0.2) is 37.4 Å². The summed E-state index contributed by atoms with van der Waals surface area (Å²) in [6, 6.07) is 3.40. The average Bonchev–Trinajstić information content (AvgIpc) is 3.12. The second kappa shape index (κ2) is 6.73. The van der Waals surface area contributed by atoms with Crippen molar-refractivity contribution in [3.63, 3.8) is 0 Å². The number of benzene rings is 1. The van der Waals surface area contributed by atoms with Crippen molar-refractivity contribution in [3.8, 4) is 11.4 Å². The number of halogens is 1. The molecule has 0 unspecified atom stereocenters. The van der Waals surface area contributed by atoms with Gasteiger partial charge in [-0.2, -0.15) is 5.10 Å². The lowest BCUT2D eigenvalue weighted by Gasteiger charge is -2.25. The van der Waals surface area contributed by atoms with Crippen LogP contribution in [0, 0.1) is 12.7 Å². The molecule has 148 valence electrons. The number of aromatic nitrogens is 5. The van der Waals surface area contributed by atoms with Crippen LogP contribution in [0.1, 0.15) is 24.4 Å². The van der Waals surface area contributed by atoms with Crippen molar-refractivity contribution in [2.75, 3.05) is 13.1 Å². The normalized spacial score (nSPS) is 15.4. The molecule has 3 aromatic heterocycles. The van der Waals surface area contributed by atoms with Gasteiger partial charge in [-0.1, -0.05) is 0 Å². The molecule has 29 heavy (non-hydrogen) atoms. The predicted molar refractivity (Wildman–Crippen MR) is 109 cm³/mol. The summed E-state index contributed by atoms with van der Waals surface area (Å²) >= 11 is 0. The minimum atomic E-state index is -0.417. The molecule has 5 rings (SSSR count). The fourth-order valence-corrected chi connectivity index (χ4v) is 4.14. The SMILES string of the molecule is Cc1cn(C2CCNCC2)c(=O)c2cnc(-c3cc(F)c4nn(C)cc4c3)nc12. The largest absolute Gasteiger partial charge is 0.317 e. The summed E-state index contributed by atoms with van der Waals surface area (Å²) in [5.74, 6) is -0.0240. The van der Waals surface area contributed by atoms with E-state index >= 15 is 0 Å². The summed E-state index contributed by atoms with van der Waals surface area (Å²) in [6.07, 6.45) is 7.06. The summed E-state index contributed by atoms with van der Waals surface area (Å²) in [4.78, 5) is 22.1. The van der Waals surface area contributed by atoms with E-state index < -0.39 is 5.82 Å². The molecule has 0 saturated carbocycles. The number of pyridine rings is 1. The number of hydrogen-bond acceptors (Lipinski definition) is 5. The molecule has 1 aromatic carbocycles. The fraction of sp³-hybridized carbons (Fsp3) is 0.333. The molecule has 0 aliphatic carbocycles. The lowest BCUT2D eigenvalue weighted by atomic mass is 10.1. The van der Waals surface area contributed by atoms with Crippen molar-refractivity contribution in [1.82, 2.24) is 29.6 Å². The van der Waals surface area contributed by atoms with Crippen molar-refractivity contribution >= 4 is 21.8 Å². The van der Waals surface area contributed by atoms with Gasteiger partial charge in [0.1, 0.15) is 5.52 Å². The lowest BCUT2D eigenvalue weighted by molar-refractivity contribution is 0.361. The molecule has 1 aliphatic rings. The molecule has 4 aromatic rings. The minimum absolute atomic E-state index is 0.0713. The number of rotatable bonds is 2. The van der Waals surface area contributed by atoms with E-state index in [-0.39, 0.29) is 11.6 Å². The molecule has 7 nitrogen and oxygen atoms in total. The first kappa shape index (κ1) is 17.9. The molecular formula is C21H21FN6O. The highest BCUT2D eigenvalue weighted by Crippen LogP contribution is 2.26. The number of piperidine rings is 1. The van der Waals surface area contributed by atoms with Gasteiger partial charge in [-0.3, -0.25) is 9.48 Å². The zero-order valence-corrected chi connectivity index (χ0v) is 16.3. The Hall–Kier alpha value is -3.13. The number of hydrogen-bond donors (Lipinski definition) is 1. The molecule has 4 heterocycles.